The Bertz CT molecular complexity index is 1050. The molecule has 3 fully saturated rings. The molecular formula is C23H25ClN4O4. The van der Waals surface area contributed by atoms with Gasteiger partial charge in [-0.2, -0.15) is 5.10 Å². The lowest BCUT2D eigenvalue weighted by atomic mass is 9.78. The number of nitrogens with zero attached hydrogens (tertiary/aromatic N) is 2. The Labute approximate surface area is 190 Å². The van der Waals surface area contributed by atoms with Crippen LogP contribution in [-0.2, 0) is 14.3 Å². The Morgan fingerprint density at radius 1 is 1.28 bits per heavy atom. The van der Waals surface area contributed by atoms with Crippen molar-refractivity contribution in [3.05, 3.63) is 41.7 Å². The van der Waals surface area contributed by atoms with Crippen LogP contribution in [0.1, 0.15) is 47.5 Å². The highest BCUT2D eigenvalue weighted by Gasteiger charge is 2.53. The number of rotatable bonds is 5. The standard InChI is InChI=1S/C23H25ClN4O4/c24-16-10-28(20-17(29)11-32-21(16)20)23(31)18(12-4-1-2-5-12)19-14(13-8-26-27-9-13)6-3-7-15(19)22(25)30/h3,6-9,12,16,18,20-21H,1-2,4-5,10-11H2,(H2,25,30)(H,26,27)/t16-,18-,20+,21+/m0/s1. The average molecular weight is 457 g/mol. The molecule has 4 atom stereocenters. The monoisotopic (exact) mass is 456 g/mol. The van der Waals surface area contributed by atoms with Gasteiger partial charge in [0.05, 0.1) is 17.5 Å². The fraction of sp³-hybridized carbons (Fsp3) is 0.478. The number of hydrogen-bond acceptors (Lipinski definition) is 5. The number of nitrogens with one attached hydrogen (secondary N) is 1. The normalized spacial score (nSPS) is 26.5. The number of fused-ring (bicyclic) bond motifs is 1. The molecule has 1 aliphatic carbocycles. The Morgan fingerprint density at radius 2 is 2.06 bits per heavy atom. The fourth-order valence-electron chi connectivity index (χ4n) is 5.62. The van der Waals surface area contributed by atoms with E-state index in [9.17, 15) is 14.4 Å². The molecule has 0 radical (unpaired) electrons. The zero-order chi connectivity index (χ0) is 22.4. The third kappa shape index (κ3) is 3.42. The van der Waals surface area contributed by atoms with E-state index in [4.69, 9.17) is 22.1 Å². The van der Waals surface area contributed by atoms with Gasteiger partial charge >= 0.3 is 0 Å². The minimum Gasteiger partial charge on any atom is -0.366 e. The Balaban J connectivity index is 1.65. The van der Waals surface area contributed by atoms with Crippen LogP contribution in [-0.4, -0.2) is 63.4 Å². The Hall–Kier alpha value is -2.71. The third-order valence-corrected chi connectivity index (χ3v) is 7.42. The summed E-state index contributed by atoms with van der Waals surface area (Å²) in [5, 5.41) is 6.40. The van der Waals surface area contributed by atoms with E-state index in [0.717, 1.165) is 36.8 Å². The van der Waals surface area contributed by atoms with Crippen LogP contribution < -0.4 is 5.73 Å². The van der Waals surface area contributed by atoms with Gasteiger partial charge in [0.2, 0.25) is 11.8 Å². The molecule has 2 saturated heterocycles. The number of benzene rings is 1. The zero-order valence-electron chi connectivity index (χ0n) is 17.5. The molecule has 0 spiro atoms. The summed E-state index contributed by atoms with van der Waals surface area (Å²) >= 11 is 6.46. The summed E-state index contributed by atoms with van der Waals surface area (Å²) in [5.74, 6) is -1.47. The second-order valence-corrected chi connectivity index (χ2v) is 9.39. The number of carbonyl (C=O) groups is 3. The first-order chi connectivity index (χ1) is 15.5. The highest BCUT2D eigenvalue weighted by molar-refractivity contribution is 6.22. The number of alkyl halides is 1. The molecule has 2 aliphatic heterocycles. The summed E-state index contributed by atoms with van der Waals surface area (Å²) in [6.07, 6.45) is 6.66. The SMILES string of the molecule is NC(=O)c1cccc(-c2cn[nH]c2)c1[C@@H](C(=O)N1C[C@H](Cl)[C@H]2OCC(=O)[C@H]21)C1CCCC1. The van der Waals surface area contributed by atoms with Crippen LogP contribution >= 0.6 is 11.6 Å². The number of nitrogens with two attached hydrogens (primary N) is 1. The van der Waals surface area contributed by atoms with Gasteiger partial charge in [0.15, 0.2) is 5.78 Å². The second kappa shape index (κ2) is 8.33. The number of aromatic nitrogens is 2. The Morgan fingerprint density at radius 3 is 2.75 bits per heavy atom. The molecule has 1 aromatic carbocycles. The lowest BCUT2D eigenvalue weighted by Gasteiger charge is -2.32. The molecule has 1 aromatic heterocycles. The predicted molar refractivity (Wildman–Crippen MR) is 117 cm³/mol. The van der Waals surface area contributed by atoms with Crippen molar-refractivity contribution in [2.75, 3.05) is 13.2 Å². The fourth-order valence-corrected chi connectivity index (χ4v) is 5.98. The number of aromatic amines is 1. The summed E-state index contributed by atoms with van der Waals surface area (Å²) in [4.78, 5) is 40.8. The van der Waals surface area contributed by atoms with E-state index in [1.54, 1.807) is 29.4 Å². The van der Waals surface area contributed by atoms with Gasteiger partial charge in [-0.25, -0.2) is 0 Å². The van der Waals surface area contributed by atoms with Gasteiger partial charge in [-0.1, -0.05) is 25.0 Å². The lowest BCUT2D eigenvalue weighted by molar-refractivity contribution is -0.138. The molecule has 3 heterocycles. The van der Waals surface area contributed by atoms with Crippen LogP contribution in [0.25, 0.3) is 11.1 Å². The Kier molecular flexibility index (Phi) is 5.51. The molecule has 168 valence electrons. The molecule has 32 heavy (non-hydrogen) atoms. The van der Waals surface area contributed by atoms with Crippen LogP contribution in [0.15, 0.2) is 30.6 Å². The molecule has 3 N–H and O–H groups in total. The minimum atomic E-state index is -0.674. The van der Waals surface area contributed by atoms with Crippen LogP contribution in [0.3, 0.4) is 0 Å². The number of ether oxygens (including phenoxy) is 1. The maximum Gasteiger partial charge on any atom is 0.249 e. The number of hydrogen-bond donors (Lipinski definition) is 2. The van der Waals surface area contributed by atoms with Gasteiger partial charge in [-0.3, -0.25) is 19.5 Å². The molecule has 0 bridgehead atoms. The number of H-pyrrole nitrogens is 1. The summed E-state index contributed by atoms with van der Waals surface area (Å²) in [5.41, 5.74) is 8.22. The topological polar surface area (TPSA) is 118 Å². The highest BCUT2D eigenvalue weighted by Crippen LogP contribution is 2.45. The number of Topliss-reactive ketones (excluding diaryl/α,β-unsaturated/α-hetero) is 1. The molecule has 9 heteroatoms. The molecule has 1 saturated carbocycles. The van der Waals surface area contributed by atoms with Crippen molar-refractivity contribution in [1.29, 1.82) is 0 Å². The van der Waals surface area contributed by atoms with Gasteiger partial charge in [-0.05, 0) is 36.0 Å². The molecular weight excluding hydrogens is 432 g/mol. The van der Waals surface area contributed by atoms with E-state index in [0.29, 0.717) is 11.1 Å². The van der Waals surface area contributed by atoms with Gasteiger partial charge in [0.1, 0.15) is 18.8 Å². The molecule has 2 aromatic rings. The van der Waals surface area contributed by atoms with Gasteiger partial charge in [-0.15, -0.1) is 11.6 Å². The lowest BCUT2D eigenvalue weighted by Crippen LogP contribution is -2.45. The smallest absolute Gasteiger partial charge is 0.249 e. The van der Waals surface area contributed by atoms with Crippen molar-refractivity contribution >= 4 is 29.2 Å². The van der Waals surface area contributed by atoms with Crippen LogP contribution in [0.4, 0.5) is 0 Å². The minimum absolute atomic E-state index is 0.0332. The van der Waals surface area contributed by atoms with Crippen molar-refractivity contribution in [3.63, 3.8) is 0 Å². The van der Waals surface area contributed by atoms with E-state index in [1.165, 1.54) is 0 Å². The third-order valence-electron chi connectivity index (χ3n) is 7.03. The summed E-state index contributed by atoms with van der Waals surface area (Å²) in [7, 11) is 0. The molecule has 0 unspecified atom stereocenters. The highest BCUT2D eigenvalue weighted by atomic mass is 35.5. The largest absolute Gasteiger partial charge is 0.366 e. The zero-order valence-corrected chi connectivity index (χ0v) is 18.3. The van der Waals surface area contributed by atoms with E-state index in [-0.39, 0.29) is 30.8 Å². The summed E-state index contributed by atoms with van der Waals surface area (Å²) in [6.45, 7) is 0.207. The van der Waals surface area contributed by atoms with Crippen molar-refractivity contribution < 1.29 is 19.1 Å². The van der Waals surface area contributed by atoms with E-state index < -0.39 is 29.3 Å². The molecule has 2 amide bonds. The number of primary amides is 1. The first-order valence-corrected chi connectivity index (χ1v) is 11.4. The average Bonchev–Trinajstić information content (AvgIpc) is 3.56. The number of carbonyl (C=O) groups excluding carboxylic acids is 3. The predicted octanol–water partition coefficient (Wildman–Crippen LogP) is 2.24. The van der Waals surface area contributed by atoms with Crippen molar-refractivity contribution in [3.8, 4) is 11.1 Å². The summed E-state index contributed by atoms with van der Waals surface area (Å²) in [6, 6.07) is 4.63. The van der Waals surface area contributed by atoms with Crippen LogP contribution in [0.2, 0.25) is 0 Å². The quantitative estimate of drug-likeness (QED) is 0.669. The first-order valence-electron chi connectivity index (χ1n) is 11.0. The van der Waals surface area contributed by atoms with Crippen LogP contribution in [0, 0.1) is 5.92 Å². The number of likely N-dealkylation sites (tertiary alicyclic amines) is 1. The van der Waals surface area contributed by atoms with E-state index in [1.807, 2.05) is 6.07 Å². The van der Waals surface area contributed by atoms with Crippen LogP contribution in [0.5, 0.6) is 0 Å². The first kappa shape index (κ1) is 21.2. The number of halogens is 1. The second-order valence-electron chi connectivity index (χ2n) is 8.83. The summed E-state index contributed by atoms with van der Waals surface area (Å²) < 4.78 is 5.58. The maximum atomic E-state index is 14.1. The molecule has 8 nitrogen and oxygen atoms in total. The number of ketones is 1. The van der Waals surface area contributed by atoms with Crippen molar-refractivity contribution in [2.24, 2.45) is 11.7 Å². The molecule has 3 aliphatic rings. The maximum absolute atomic E-state index is 14.1. The van der Waals surface area contributed by atoms with E-state index in [2.05, 4.69) is 10.2 Å². The van der Waals surface area contributed by atoms with E-state index >= 15 is 0 Å². The number of amides is 2. The van der Waals surface area contributed by atoms with Gasteiger partial charge in [0, 0.05) is 23.9 Å². The van der Waals surface area contributed by atoms with Crippen molar-refractivity contribution in [2.45, 2.75) is 49.1 Å². The molecule has 5 rings (SSSR count). The van der Waals surface area contributed by atoms with Crippen molar-refractivity contribution in [1.82, 2.24) is 15.1 Å². The van der Waals surface area contributed by atoms with Gasteiger partial charge in [0.25, 0.3) is 0 Å². The van der Waals surface area contributed by atoms with Gasteiger partial charge < -0.3 is 15.4 Å².